The van der Waals surface area contributed by atoms with Gasteiger partial charge in [-0.15, -0.1) is 0 Å². The van der Waals surface area contributed by atoms with Crippen molar-refractivity contribution in [1.82, 2.24) is 15.5 Å². The number of unbranched alkanes of at least 4 members (excludes halogenated alkanes) is 1. The van der Waals surface area contributed by atoms with E-state index in [1.165, 1.54) is 0 Å². The number of nitrogens with one attached hydrogen (secondary N) is 2. The minimum atomic E-state index is -0.909. The minimum absolute atomic E-state index is 0.0161. The largest absolute Gasteiger partial charge is 0.481 e. The van der Waals surface area contributed by atoms with Crippen molar-refractivity contribution in [2.45, 2.75) is 55.5 Å². The SMILES string of the molecule is O=C(O)CC1COCCN1C(=O)CCCC[C@@H]1SC[C@@H]2NC(=O)N[C@@H]21. The van der Waals surface area contributed by atoms with Crippen LogP contribution in [0, 0.1) is 0 Å². The summed E-state index contributed by atoms with van der Waals surface area (Å²) in [7, 11) is 0. The van der Waals surface area contributed by atoms with E-state index in [-0.39, 0.29) is 36.5 Å². The second-order valence-corrected chi connectivity index (χ2v) is 8.05. The van der Waals surface area contributed by atoms with E-state index >= 15 is 0 Å². The molecule has 3 aliphatic heterocycles. The molecule has 0 bridgehead atoms. The molecule has 1 unspecified atom stereocenters. The van der Waals surface area contributed by atoms with Crippen LogP contribution in [-0.2, 0) is 14.3 Å². The summed E-state index contributed by atoms with van der Waals surface area (Å²) in [5, 5.41) is 15.3. The predicted octanol–water partition coefficient (Wildman–Crippen LogP) is 0.414. The lowest BCUT2D eigenvalue weighted by Gasteiger charge is -2.35. The van der Waals surface area contributed by atoms with E-state index in [9.17, 15) is 14.4 Å². The first kappa shape index (κ1) is 18.3. The maximum atomic E-state index is 12.4. The molecule has 0 aromatic heterocycles. The van der Waals surface area contributed by atoms with Crippen LogP contribution in [0.5, 0.6) is 0 Å². The Labute approximate surface area is 151 Å². The third kappa shape index (κ3) is 4.58. The summed E-state index contributed by atoms with van der Waals surface area (Å²) < 4.78 is 5.30. The van der Waals surface area contributed by atoms with Crippen LogP contribution >= 0.6 is 11.8 Å². The molecule has 0 radical (unpaired) electrons. The van der Waals surface area contributed by atoms with Crippen molar-refractivity contribution in [2.24, 2.45) is 0 Å². The molecule has 3 fully saturated rings. The Morgan fingerprint density at radius 3 is 2.96 bits per heavy atom. The number of rotatable bonds is 7. The first-order chi connectivity index (χ1) is 12.0. The molecule has 4 atom stereocenters. The van der Waals surface area contributed by atoms with Crippen LogP contribution in [0.4, 0.5) is 4.79 Å². The highest BCUT2D eigenvalue weighted by Crippen LogP contribution is 2.33. The number of amides is 3. The van der Waals surface area contributed by atoms with Gasteiger partial charge in [0.1, 0.15) is 0 Å². The normalized spacial score (nSPS) is 31.4. The summed E-state index contributed by atoms with van der Waals surface area (Å²) in [4.78, 5) is 36.4. The first-order valence-corrected chi connectivity index (χ1v) is 9.87. The molecule has 3 saturated heterocycles. The molecule has 0 aromatic carbocycles. The number of hydrogen-bond acceptors (Lipinski definition) is 5. The standard InChI is InChI=1S/C16H25N3O5S/c20-13(19-5-6-24-8-10(19)7-14(21)22)4-2-1-3-12-15-11(9-25-12)17-16(23)18-15/h10-12,15H,1-9H2,(H,21,22)(H2,17,18,23)/t10?,11-,12-,15-/m0/s1. The second-order valence-electron chi connectivity index (χ2n) is 6.78. The number of hydrogen-bond donors (Lipinski definition) is 3. The molecule has 25 heavy (non-hydrogen) atoms. The molecule has 3 N–H and O–H groups in total. The van der Waals surface area contributed by atoms with Crippen LogP contribution in [0.3, 0.4) is 0 Å². The van der Waals surface area contributed by atoms with Gasteiger partial charge in [0, 0.05) is 24.0 Å². The van der Waals surface area contributed by atoms with Gasteiger partial charge in [-0.1, -0.05) is 6.42 Å². The molecule has 3 heterocycles. The number of carboxylic acids is 1. The van der Waals surface area contributed by atoms with Crippen LogP contribution < -0.4 is 10.6 Å². The number of nitrogens with zero attached hydrogens (tertiary/aromatic N) is 1. The fourth-order valence-corrected chi connectivity index (χ4v) is 5.31. The third-order valence-corrected chi connectivity index (χ3v) is 6.53. The van der Waals surface area contributed by atoms with Crippen LogP contribution in [0.1, 0.15) is 32.1 Å². The number of carboxylic acid groups (broad SMARTS) is 1. The Bertz CT molecular complexity index is 532. The van der Waals surface area contributed by atoms with Gasteiger partial charge in [-0.2, -0.15) is 11.8 Å². The van der Waals surface area contributed by atoms with E-state index in [1.807, 2.05) is 11.8 Å². The van der Waals surface area contributed by atoms with Gasteiger partial charge in [-0.05, 0) is 12.8 Å². The molecular weight excluding hydrogens is 346 g/mol. The summed E-state index contributed by atoms with van der Waals surface area (Å²) in [5.74, 6) is 0.0492. The van der Waals surface area contributed by atoms with E-state index < -0.39 is 5.97 Å². The topological polar surface area (TPSA) is 108 Å². The lowest BCUT2D eigenvalue weighted by Crippen LogP contribution is -2.49. The highest BCUT2D eigenvalue weighted by atomic mass is 32.2. The first-order valence-electron chi connectivity index (χ1n) is 8.82. The predicted molar refractivity (Wildman–Crippen MR) is 92.5 cm³/mol. The summed E-state index contributed by atoms with van der Waals surface area (Å²) in [6, 6.07) is -0.00131. The molecule has 3 rings (SSSR count). The molecule has 140 valence electrons. The molecule has 8 nitrogen and oxygen atoms in total. The molecule has 3 amide bonds. The number of morpholine rings is 1. The van der Waals surface area contributed by atoms with Crippen molar-refractivity contribution in [2.75, 3.05) is 25.5 Å². The zero-order valence-electron chi connectivity index (χ0n) is 14.1. The lowest BCUT2D eigenvalue weighted by molar-refractivity contribution is -0.146. The number of ether oxygens (including phenoxy) is 1. The van der Waals surface area contributed by atoms with E-state index in [4.69, 9.17) is 9.84 Å². The fraction of sp³-hybridized carbons (Fsp3) is 0.812. The number of fused-ring (bicyclic) bond motifs is 1. The van der Waals surface area contributed by atoms with Gasteiger partial charge in [0.25, 0.3) is 0 Å². The molecule has 0 spiro atoms. The van der Waals surface area contributed by atoms with Crippen molar-refractivity contribution < 1.29 is 24.2 Å². The Hall–Kier alpha value is -1.48. The molecule has 3 aliphatic rings. The van der Waals surface area contributed by atoms with Crippen molar-refractivity contribution in [3.05, 3.63) is 0 Å². The second kappa shape index (κ2) is 8.27. The average molecular weight is 371 g/mol. The molecule has 9 heteroatoms. The Balaban J connectivity index is 1.38. The number of carbonyl (C=O) groups excluding carboxylic acids is 2. The Kier molecular flexibility index (Phi) is 6.06. The van der Waals surface area contributed by atoms with Crippen LogP contribution in [0.2, 0.25) is 0 Å². The quantitative estimate of drug-likeness (QED) is 0.442. The van der Waals surface area contributed by atoms with Gasteiger partial charge < -0.3 is 25.4 Å². The highest BCUT2D eigenvalue weighted by molar-refractivity contribution is 8.00. The highest BCUT2D eigenvalue weighted by Gasteiger charge is 2.42. The Morgan fingerprint density at radius 2 is 2.16 bits per heavy atom. The summed E-state index contributed by atoms with van der Waals surface area (Å²) in [6.07, 6.45) is 3.05. The number of aliphatic carboxylic acids is 1. The van der Waals surface area contributed by atoms with E-state index in [0.29, 0.717) is 31.4 Å². The zero-order valence-corrected chi connectivity index (χ0v) is 14.9. The van der Waals surface area contributed by atoms with Gasteiger partial charge in [0.2, 0.25) is 5.91 Å². The summed E-state index contributed by atoms with van der Waals surface area (Å²) >= 11 is 1.88. The van der Waals surface area contributed by atoms with E-state index in [0.717, 1.165) is 25.0 Å². The average Bonchev–Trinajstić information content (AvgIpc) is 3.11. The maximum Gasteiger partial charge on any atom is 0.315 e. The number of carbonyl (C=O) groups is 3. The van der Waals surface area contributed by atoms with E-state index in [2.05, 4.69) is 10.6 Å². The molecule has 0 saturated carbocycles. The van der Waals surface area contributed by atoms with Gasteiger partial charge in [0.15, 0.2) is 0 Å². The number of urea groups is 1. The molecular formula is C16H25N3O5S. The van der Waals surface area contributed by atoms with Crippen molar-refractivity contribution >= 4 is 29.7 Å². The van der Waals surface area contributed by atoms with Gasteiger partial charge in [-0.25, -0.2) is 4.79 Å². The molecule has 0 aliphatic carbocycles. The summed E-state index contributed by atoms with van der Waals surface area (Å²) in [6.45, 7) is 1.24. The van der Waals surface area contributed by atoms with Crippen LogP contribution in [0.15, 0.2) is 0 Å². The van der Waals surface area contributed by atoms with Gasteiger partial charge in [0.05, 0.1) is 37.8 Å². The van der Waals surface area contributed by atoms with E-state index in [1.54, 1.807) is 4.90 Å². The maximum absolute atomic E-state index is 12.4. The van der Waals surface area contributed by atoms with Gasteiger partial charge >= 0.3 is 12.0 Å². The lowest BCUT2D eigenvalue weighted by atomic mass is 10.0. The Morgan fingerprint density at radius 1 is 1.32 bits per heavy atom. The van der Waals surface area contributed by atoms with Crippen molar-refractivity contribution in [1.29, 1.82) is 0 Å². The smallest absolute Gasteiger partial charge is 0.315 e. The fourth-order valence-electron chi connectivity index (χ4n) is 3.76. The number of thioether (sulfide) groups is 1. The summed E-state index contributed by atoms with van der Waals surface area (Å²) in [5.41, 5.74) is 0. The van der Waals surface area contributed by atoms with Crippen molar-refractivity contribution in [3.8, 4) is 0 Å². The minimum Gasteiger partial charge on any atom is -0.481 e. The monoisotopic (exact) mass is 371 g/mol. The van der Waals surface area contributed by atoms with Crippen LogP contribution in [-0.4, -0.2) is 76.8 Å². The van der Waals surface area contributed by atoms with Crippen LogP contribution in [0.25, 0.3) is 0 Å². The van der Waals surface area contributed by atoms with Crippen molar-refractivity contribution in [3.63, 3.8) is 0 Å². The zero-order chi connectivity index (χ0) is 17.8. The third-order valence-electron chi connectivity index (χ3n) is 5.03. The van der Waals surface area contributed by atoms with Gasteiger partial charge in [-0.3, -0.25) is 9.59 Å². The molecule has 0 aromatic rings.